The normalized spacial score (nSPS) is 15.8. The summed E-state index contributed by atoms with van der Waals surface area (Å²) in [6.07, 6.45) is 6.51. The van der Waals surface area contributed by atoms with Crippen molar-refractivity contribution in [2.75, 3.05) is 19.6 Å². The Hall–Kier alpha value is -2.39. The molecule has 0 saturated carbocycles. The number of rotatable bonds is 7. The van der Waals surface area contributed by atoms with Crippen molar-refractivity contribution >= 4 is 16.7 Å². The predicted octanol–water partition coefficient (Wildman–Crippen LogP) is 5.50. The lowest BCUT2D eigenvalue weighted by molar-refractivity contribution is 0.0838. The van der Waals surface area contributed by atoms with Gasteiger partial charge in [0.05, 0.1) is 5.52 Å². The molecule has 3 nitrogen and oxygen atoms in total. The molecule has 0 unspecified atom stereocenters. The minimum atomic E-state index is 0.191. The number of piperidine rings is 1. The van der Waals surface area contributed by atoms with Gasteiger partial charge < -0.3 is 9.47 Å². The summed E-state index contributed by atoms with van der Waals surface area (Å²) in [5.41, 5.74) is 5.10. The monoisotopic (exact) mass is 388 g/mol. The molecule has 0 N–H and O–H groups in total. The standard InChI is InChI=1S/C26H32N2O/c1-3-21-11-7-12-24-20(2)19-28(25(21)24)16-8-15-27-17-13-23(14-18-27)26(29)22-9-5-4-6-10-22/h4-7,9-12,19,23H,3,8,13-18H2,1-2H3. The molecule has 1 saturated heterocycles. The molecular formula is C26H32N2O. The molecule has 1 aliphatic heterocycles. The van der Waals surface area contributed by atoms with Crippen LogP contribution in [0.15, 0.2) is 54.7 Å². The van der Waals surface area contributed by atoms with Crippen molar-refractivity contribution in [3.8, 4) is 0 Å². The van der Waals surface area contributed by atoms with Crippen LogP contribution in [0.4, 0.5) is 0 Å². The molecule has 0 aliphatic carbocycles. The molecule has 2 heterocycles. The van der Waals surface area contributed by atoms with Crippen LogP contribution in [0.3, 0.4) is 0 Å². The van der Waals surface area contributed by atoms with Crippen LogP contribution >= 0.6 is 0 Å². The van der Waals surface area contributed by atoms with Crippen LogP contribution in [0.5, 0.6) is 0 Å². The fraction of sp³-hybridized carbons (Fsp3) is 0.423. The van der Waals surface area contributed by atoms with Gasteiger partial charge in [0.25, 0.3) is 0 Å². The van der Waals surface area contributed by atoms with E-state index in [0.717, 1.165) is 57.4 Å². The Morgan fingerprint density at radius 1 is 1.00 bits per heavy atom. The molecule has 2 aromatic carbocycles. The van der Waals surface area contributed by atoms with E-state index >= 15 is 0 Å². The zero-order chi connectivity index (χ0) is 20.2. The highest BCUT2D eigenvalue weighted by molar-refractivity contribution is 5.97. The molecule has 1 aromatic heterocycles. The van der Waals surface area contributed by atoms with Crippen molar-refractivity contribution in [2.24, 2.45) is 5.92 Å². The summed E-state index contributed by atoms with van der Waals surface area (Å²) in [6, 6.07) is 16.5. The van der Waals surface area contributed by atoms with E-state index in [-0.39, 0.29) is 5.92 Å². The summed E-state index contributed by atoms with van der Waals surface area (Å²) in [5, 5.41) is 1.39. The lowest BCUT2D eigenvalue weighted by atomic mass is 9.89. The van der Waals surface area contributed by atoms with Crippen molar-refractivity contribution < 1.29 is 4.79 Å². The van der Waals surface area contributed by atoms with Gasteiger partial charge in [-0.05, 0) is 63.4 Å². The molecule has 1 fully saturated rings. The van der Waals surface area contributed by atoms with E-state index in [1.807, 2.05) is 30.3 Å². The van der Waals surface area contributed by atoms with E-state index in [1.54, 1.807) is 0 Å². The second kappa shape index (κ2) is 8.96. The topological polar surface area (TPSA) is 25.2 Å². The van der Waals surface area contributed by atoms with Gasteiger partial charge in [-0.1, -0.05) is 55.5 Å². The quantitative estimate of drug-likeness (QED) is 0.500. The smallest absolute Gasteiger partial charge is 0.166 e. The van der Waals surface area contributed by atoms with E-state index in [4.69, 9.17) is 0 Å². The highest BCUT2D eigenvalue weighted by atomic mass is 16.1. The summed E-state index contributed by atoms with van der Waals surface area (Å²) in [4.78, 5) is 15.2. The first-order valence-corrected chi connectivity index (χ1v) is 11.1. The highest BCUT2D eigenvalue weighted by Crippen LogP contribution is 2.26. The lowest BCUT2D eigenvalue weighted by Gasteiger charge is -2.31. The molecule has 3 aromatic rings. The van der Waals surface area contributed by atoms with Crippen LogP contribution in [-0.4, -0.2) is 34.9 Å². The maximum absolute atomic E-state index is 12.7. The SMILES string of the molecule is CCc1cccc2c(C)cn(CCCN3CCC(C(=O)c4ccccc4)CC3)c12. The summed E-state index contributed by atoms with van der Waals surface area (Å²) < 4.78 is 2.45. The van der Waals surface area contributed by atoms with Crippen molar-refractivity contribution in [3.05, 3.63) is 71.4 Å². The van der Waals surface area contributed by atoms with Gasteiger partial charge in [0, 0.05) is 29.6 Å². The van der Waals surface area contributed by atoms with E-state index in [1.165, 1.54) is 22.0 Å². The average molecular weight is 389 g/mol. The number of benzene rings is 2. The number of hydrogen-bond acceptors (Lipinski definition) is 2. The van der Waals surface area contributed by atoms with Crippen molar-refractivity contribution in [1.29, 1.82) is 0 Å². The molecule has 29 heavy (non-hydrogen) atoms. The second-order valence-corrected chi connectivity index (χ2v) is 8.37. The van der Waals surface area contributed by atoms with E-state index < -0.39 is 0 Å². The number of nitrogens with zero attached hydrogens (tertiary/aromatic N) is 2. The fourth-order valence-corrected chi connectivity index (χ4v) is 4.80. The number of likely N-dealkylation sites (tertiary alicyclic amines) is 1. The number of para-hydroxylation sites is 1. The Balaban J connectivity index is 1.31. The molecule has 0 spiro atoms. The third-order valence-corrected chi connectivity index (χ3v) is 6.45. The van der Waals surface area contributed by atoms with Crippen LogP contribution < -0.4 is 0 Å². The molecule has 0 atom stereocenters. The largest absolute Gasteiger partial charge is 0.347 e. The molecule has 152 valence electrons. The zero-order valence-corrected chi connectivity index (χ0v) is 17.7. The van der Waals surface area contributed by atoms with E-state index in [9.17, 15) is 4.79 Å². The molecule has 1 aliphatic rings. The Morgan fingerprint density at radius 2 is 1.76 bits per heavy atom. The number of ketones is 1. The number of hydrogen-bond donors (Lipinski definition) is 0. The third-order valence-electron chi connectivity index (χ3n) is 6.45. The molecule has 4 rings (SSSR count). The van der Waals surface area contributed by atoms with Gasteiger partial charge in [-0.15, -0.1) is 0 Å². The minimum absolute atomic E-state index is 0.191. The molecule has 0 radical (unpaired) electrons. The van der Waals surface area contributed by atoms with Crippen LogP contribution in [-0.2, 0) is 13.0 Å². The first-order valence-electron chi connectivity index (χ1n) is 11.1. The Morgan fingerprint density at radius 3 is 2.48 bits per heavy atom. The summed E-state index contributed by atoms with van der Waals surface area (Å²) in [6.45, 7) is 8.70. The van der Waals surface area contributed by atoms with Crippen molar-refractivity contribution in [1.82, 2.24) is 9.47 Å². The summed E-state index contributed by atoms with van der Waals surface area (Å²) in [5.74, 6) is 0.517. The highest BCUT2D eigenvalue weighted by Gasteiger charge is 2.25. The van der Waals surface area contributed by atoms with Gasteiger partial charge in [0.2, 0.25) is 0 Å². The molecule has 3 heteroatoms. The van der Waals surface area contributed by atoms with Gasteiger partial charge in [-0.2, -0.15) is 0 Å². The first kappa shape index (κ1) is 19.9. The molecular weight excluding hydrogens is 356 g/mol. The maximum Gasteiger partial charge on any atom is 0.166 e. The van der Waals surface area contributed by atoms with E-state index in [0.29, 0.717) is 5.78 Å². The summed E-state index contributed by atoms with van der Waals surface area (Å²) in [7, 11) is 0. The van der Waals surface area contributed by atoms with Gasteiger partial charge in [0.1, 0.15) is 0 Å². The van der Waals surface area contributed by atoms with E-state index in [2.05, 4.69) is 47.7 Å². The molecule has 0 amide bonds. The van der Waals surface area contributed by atoms with Crippen LogP contribution in [0.1, 0.15) is 47.7 Å². The van der Waals surface area contributed by atoms with Gasteiger partial charge >= 0.3 is 0 Å². The minimum Gasteiger partial charge on any atom is -0.347 e. The van der Waals surface area contributed by atoms with Crippen LogP contribution in [0, 0.1) is 12.8 Å². The number of fused-ring (bicyclic) bond motifs is 1. The zero-order valence-electron chi connectivity index (χ0n) is 17.7. The van der Waals surface area contributed by atoms with Gasteiger partial charge in [0.15, 0.2) is 5.78 Å². The third kappa shape index (κ3) is 4.30. The average Bonchev–Trinajstić information content (AvgIpc) is 3.10. The first-order chi connectivity index (χ1) is 14.2. The number of Topliss-reactive ketones (excluding diaryl/α,β-unsaturated/α-hetero) is 1. The summed E-state index contributed by atoms with van der Waals surface area (Å²) >= 11 is 0. The molecule has 0 bridgehead atoms. The fourth-order valence-electron chi connectivity index (χ4n) is 4.80. The second-order valence-electron chi connectivity index (χ2n) is 8.37. The van der Waals surface area contributed by atoms with Crippen LogP contribution in [0.25, 0.3) is 10.9 Å². The number of carbonyl (C=O) groups excluding carboxylic acids is 1. The predicted molar refractivity (Wildman–Crippen MR) is 121 cm³/mol. The van der Waals surface area contributed by atoms with Crippen LogP contribution in [0.2, 0.25) is 0 Å². The lowest BCUT2D eigenvalue weighted by Crippen LogP contribution is -2.37. The number of aromatic nitrogens is 1. The van der Waals surface area contributed by atoms with Gasteiger partial charge in [-0.3, -0.25) is 4.79 Å². The Labute approximate surface area is 174 Å². The van der Waals surface area contributed by atoms with Gasteiger partial charge in [-0.25, -0.2) is 0 Å². The Bertz CT molecular complexity index is 965. The Kier molecular flexibility index (Phi) is 6.15. The van der Waals surface area contributed by atoms with Crippen molar-refractivity contribution in [2.45, 2.75) is 46.1 Å². The maximum atomic E-state index is 12.7. The van der Waals surface area contributed by atoms with Crippen molar-refractivity contribution in [3.63, 3.8) is 0 Å². The number of aryl methyl sites for hydroxylation is 3. The number of carbonyl (C=O) groups is 1.